The Labute approximate surface area is 166 Å². The molecule has 3 aromatic rings. The van der Waals surface area contributed by atoms with Crippen molar-refractivity contribution >= 4 is 28.9 Å². The summed E-state index contributed by atoms with van der Waals surface area (Å²) in [7, 11) is 0. The fourth-order valence-corrected chi connectivity index (χ4v) is 3.02. The topological polar surface area (TPSA) is 66.9 Å². The number of aryl methyl sites for hydroxylation is 1. The van der Waals surface area contributed by atoms with E-state index >= 15 is 0 Å². The third-order valence-electron chi connectivity index (χ3n) is 4.38. The van der Waals surface area contributed by atoms with Crippen LogP contribution in [0.25, 0.3) is 0 Å². The van der Waals surface area contributed by atoms with Gasteiger partial charge in [-0.3, -0.25) is 4.79 Å². The fourth-order valence-electron chi connectivity index (χ4n) is 3.02. The van der Waals surface area contributed by atoms with Crippen LogP contribution in [0.5, 0.6) is 0 Å². The number of nitrogens with one attached hydrogen (secondary N) is 2. The molecule has 0 saturated heterocycles. The average Bonchev–Trinajstić information content (AvgIpc) is 2.61. The Bertz CT molecular complexity index is 1010. The number of carbonyl (C=O) groups is 1. The number of anilines is 4. The number of para-hydroxylation sites is 1. The van der Waals surface area contributed by atoms with E-state index < -0.39 is 0 Å². The van der Waals surface area contributed by atoms with Crippen LogP contribution in [0.1, 0.15) is 49.3 Å². The molecule has 28 heavy (non-hydrogen) atoms. The largest absolute Gasteiger partial charge is 0.340 e. The maximum absolute atomic E-state index is 11.6. The van der Waals surface area contributed by atoms with E-state index in [0.717, 1.165) is 22.9 Å². The summed E-state index contributed by atoms with van der Waals surface area (Å²) in [6.07, 6.45) is 0. The molecule has 0 radical (unpaired) electrons. The van der Waals surface area contributed by atoms with Gasteiger partial charge < -0.3 is 10.6 Å². The normalized spacial score (nSPS) is 11.2. The van der Waals surface area contributed by atoms with E-state index in [0.29, 0.717) is 11.5 Å². The summed E-state index contributed by atoms with van der Waals surface area (Å²) in [5.74, 6) is 1.22. The van der Waals surface area contributed by atoms with Gasteiger partial charge in [-0.2, -0.15) is 4.98 Å². The Kier molecular flexibility index (Phi) is 5.45. The molecule has 3 rings (SSSR count). The van der Waals surface area contributed by atoms with Crippen molar-refractivity contribution in [3.05, 3.63) is 71.4 Å². The second-order valence-corrected chi connectivity index (χ2v) is 7.90. The molecule has 144 valence electrons. The summed E-state index contributed by atoms with van der Waals surface area (Å²) < 4.78 is 0. The van der Waals surface area contributed by atoms with Crippen molar-refractivity contribution in [3.63, 3.8) is 0 Å². The highest BCUT2D eigenvalue weighted by molar-refractivity contribution is 5.95. The molecule has 0 aliphatic heterocycles. The lowest BCUT2D eigenvalue weighted by Crippen LogP contribution is -2.14. The number of ketones is 1. The Morgan fingerprint density at radius 3 is 2.39 bits per heavy atom. The number of aromatic nitrogens is 2. The van der Waals surface area contributed by atoms with Crippen LogP contribution in [0.3, 0.4) is 0 Å². The van der Waals surface area contributed by atoms with E-state index in [4.69, 9.17) is 0 Å². The zero-order valence-electron chi connectivity index (χ0n) is 17.0. The highest BCUT2D eigenvalue weighted by atomic mass is 16.1. The first-order valence-electron chi connectivity index (χ1n) is 9.32. The molecule has 0 aliphatic carbocycles. The van der Waals surface area contributed by atoms with Crippen LogP contribution in [0.15, 0.2) is 54.6 Å². The highest BCUT2D eigenvalue weighted by Crippen LogP contribution is 2.31. The Balaban J connectivity index is 1.89. The molecule has 2 N–H and O–H groups in total. The van der Waals surface area contributed by atoms with Gasteiger partial charge in [0.2, 0.25) is 5.95 Å². The SMILES string of the molecule is CC(=O)c1cccc(Nc2nc(C)cc(Nc3ccccc3C(C)(C)C)n2)c1. The molecule has 0 unspecified atom stereocenters. The van der Waals surface area contributed by atoms with Gasteiger partial charge in [-0.25, -0.2) is 4.98 Å². The molecule has 5 nitrogen and oxygen atoms in total. The van der Waals surface area contributed by atoms with Crippen molar-refractivity contribution < 1.29 is 4.79 Å². The van der Waals surface area contributed by atoms with Crippen molar-refractivity contribution in [1.82, 2.24) is 9.97 Å². The second kappa shape index (κ2) is 7.80. The van der Waals surface area contributed by atoms with E-state index in [9.17, 15) is 4.79 Å². The number of rotatable bonds is 5. The first-order chi connectivity index (χ1) is 13.2. The summed E-state index contributed by atoms with van der Waals surface area (Å²) >= 11 is 0. The minimum Gasteiger partial charge on any atom is -0.340 e. The monoisotopic (exact) mass is 374 g/mol. The molecular formula is C23H26N4O. The number of Topliss-reactive ketones (excluding diaryl/α,β-unsaturated/α-hetero) is 1. The average molecular weight is 374 g/mol. The molecule has 0 saturated carbocycles. The van der Waals surface area contributed by atoms with Crippen molar-refractivity contribution in [2.45, 2.75) is 40.0 Å². The maximum Gasteiger partial charge on any atom is 0.229 e. The van der Waals surface area contributed by atoms with Crippen molar-refractivity contribution in [1.29, 1.82) is 0 Å². The molecule has 0 aliphatic rings. The highest BCUT2D eigenvalue weighted by Gasteiger charge is 2.18. The summed E-state index contributed by atoms with van der Waals surface area (Å²) in [4.78, 5) is 20.7. The van der Waals surface area contributed by atoms with Gasteiger partial charge in [-0.05, 0) is 43.0 Å². The maximum atomic E-state index is 11.6. The predicted octanol–water partition coefficient (Wildman–Crippen LogP) is 5.77. The van der Waals surface area contributed by atoms with Crippen LogP contribution in [-0.4, -0.2) is 15.8 Å². The van der Waals surface area contributed by atoms with E-state index in [2.05, 4.69) is 53.5 Å². The van der Waals surface area contributed by atoms with Crippen LogP contribution in [0, 0.1) is 6.92 Å². The van der Waals surface area contributed by atoms with Gasteiger partial charge >= 0.3 is 0 Å². The molecule has 0 spiro atoms. The van der Waals surface area contributed by atoms with Crippen LogP contribution >= 0.6 is 0 Å². The van der Waals surface area contributed by atoms with E-state index in [1.807, 2.05) is 37.3 Å². The second-order valence-electron chi connectivity index (χ2n) is 7.90. The lowest BCUT2D eigenvalue weighted by Gasteiger charge is -2.23. The number of carbonyl (C=O) groups excluding carboxylic acids is 1. The zero-order valence-corrected chi connectivity index (χ0v) is 17.0. The summed E-state index contributed by atoms with van der Waals surface area (Å²) in [6, 6.07) is 17.5. The molecule has 0 bridgehead atoms. The molecule has 1 aromatic heterocycles. The van der Waals surface area contributed by atoms with Gasteiger partial charge in [0.25, 0.3) is 0 Å². The van der Waals surface area contributed by atoms with E-state index in [-0.39, 0.29) is 11.2 Å². The summed E-state index contributed by atoms with van der Waals surface area (Å²) in [5, 5.41) is 6.63. The quantitative estimate of drug-likeness (QED) is 0.555. The van der Waals surface area contributed by atoms with Crippen molar-refractivity contribution in [3.8, 4) is 0 Å². The van der Waals surface area contributed by atoms with Crippen LogP contribution in [0.2, 0.25) is 0 Å². The lowest BCUT2D eigenvalue weighted by molar-refractivity contribution is 0.101. The fraction of sp³-hybridized carbons (Fsp3) is 0.261. The third kappa shape index (κ3) is 4.74. The summed E-state index contributed by atoms with van der Waals surface area (Å²) in [6.45, 7) is 10.0. The molecule has 0 amide bonds. The van der Waals surface area contributed by atoms with Crippen LogP contribution in [-0.2, 0) is 5.41 Å². The van der Waals surface area contributed by atoms with Gasteiger partial charge in [0.1, 0.15) is 5.82 Å². The smallest absolute Gasteiger partial charge is 0.229 e. The number of nitrogens with zero attached hydrogens (tertiary/aromatic N) is 2. The minimum absolute atomic E-state index is 0.0138. The van der Waals surface area contributed by atoms with Crippen LogP contribution in [0.4, 0.5) is 23.1 Å². The molecule has 1 heterocycles. The first kappa shape index (κ1) is 19.5. The number of hydrogen-bond donors (Lipinski definition) is 2. The Morgan fingerprint density at radius 2 is 1.68 bits per heavy atom. The van der Waals surface area contributed by atoms with E-state index in [1.54, 1.807) is 19.1 Å². The molecule has 2 aromatic carbocycles. The molecule has 5 heteroatoms. The zero-order chi connectivity index (χ0) is 20.3. The van der Waals surface area contributed by atoms with Gasteiger partial charge in [0.15, 0.2) is 5.78 Å². The van der Waals surface area contributed by atoms with E-state index in [1.165, 1.54) is 5.56 Å². The predicted molar refractivity (Wildman–Crippen MR) is 115 cm³/mol. The minimum atomic E-state index is 0.0138. The summed E-state index contributed by atoms with van der Waals surface area (Å²) in [5.41, 5.74) is 4.53. The molecule has 0 atom stereocenters. The first-order valence-corrected chi connectivity index (χ1v) is 9.32. The van der Waals surface area contributed by atoms with Crippen molar-refractivity contribution in [2.24, 2.45) is 0 Å². The third-order valence-corrected chi connectivity index (χ3v) is 4.38. The van der Waals surface area contributed by atoms with Gasteiger partial charge in [-0.1, -0.05) is 51.1 Å². The Hall–Kier alpha value is -3.21. The van der Waals surface area contributed by atoms with Crippen LogP contribution < -0.4 is 10.6 Å². The number of hydrogen-bond acceptors (Lipinski definition) is 5. The van der Waals surface area contributed by atoms with Gasteiger partial charge in [-0.15, -0.1) is 0 Å². The molecule has 0 fully saturated rings. The van der Waals surface area contributed by atoms with Crippen molar-refractivity contribution in [2.75, 3.05) is 10.6 Å². The van der Waals surface area contributed by atoms with Gasteiger partial charge in [0.05, 0.1) is 0 Å². The lowest BCUT2D eigenvalue weighted by atomic mass is 9.86. The molecular weight excluding hydrogens is 348 g/mol. The van der Waals surface area contributed by atoms with Gasteiger partial charge in [0, 0.05) is 28.7 Å². The number of benzene rings is 2. The Morgan fingerprint density at radius 1 is 0.929 bits per heavy atom. The standard InChI is InChI=1S/C23H26N4O/c1-15-13-21(26-20-12-7-6-11-19(20)23(3,4)5)27-22(24-15)25-18-10-8-9-17(14-18)16(2)28/h6-14H,1-5H3,(H2,24,25,26,27).